The minimum atomic E-state index is -0.723. The summed E-state index contributed by atoms with van der Waals surface area (Å²) in [4.78, 5) is 27.0. The van der Waals surface area contributed by atoms with Crippen molar-refractivity contribution in [1.82, 2.24) is 5.32 Å². The van der Waals surface area contributed by atoms with Crippen molar-refractivity contribution in [3.63, 3.8) is 0 Å². The van der Waals surface area contributed by atoms with Gasteiger partial charge in [-0.1, -0.05) is 87.1 Å². The molecule has 0 amide bonds. The van der Waals surface area contributed by atoms with Crippen molar-refractivity contribution in [3.05, 3.63) is 82.7 Å². The minimum Gasteiger partial charge on any atom is -0.467 e. The number of benzene rings is 2. The standard InChI is InChI=1S/C28H29NO4S/c1-4-9-23(34)18-11-8-12-19(16-18)24-25(30)26(21-15-14-17-10-6-7-13-20(17)21)33-27(24)29-22(5-2)28(31)32-3/h6-8,10-16,21-22,26,29H,4-5,9H2,1-3H3. The lowest BCUT2D eigenvalue weighted by Gasteiger charge is -2.21. The van der Waals surface area contributed by atoms with Gasteiger partial charge >= 0.3 is 5.97 Å². The number of ketones is 1. The van der Waals surface area contributed by atoms with Crippen LogP contribution >= 0.6 is 12.2 Å². The van der Waals surface area contributed by atoms with Gasteiger partial charge in [0.25, 0.3) is 0 Å². The number of Topliss-reactive ketones (excluding diaryl/α,β-unsaturated/α-hetero) is 1. The molecule has 0 aromatic heterocycles. The second kappa shape index (κ2) is 10.3. The van der Waals surface area contributed by atoms with Crippen LogP contribution < -0.4 is 5.32 Å². The Bertz CT molecular complexity index is 1180. The summed E-state index contributed by atoms with van der Waals surface area (Å²) in [5, 5.41) is 3.15. The molecule has 3 unspecified atom stereocenters. The molecule has 0 spiro atoms. The molecule has 1 aliphatic heterocycles. The first-order valence-corrected chi connectivity index (χ1v) is 12.1. The number of nitrogens with one attached hydrogen (secondary N) is 1. The van der Waals surface area contributed by atoms with Crippen LogP contribution in [0.2, 0.25) is 0 Å². The average Bonchev–Trinajstić information content (AvgIpc) is 3.42. The number of ether oxygens (including phenoxy) is 2. The van der Waals surface area contributed by atoms with Crippen molar-refractivity contribution < 1.29 is 19.1 Å². The summed E-state index contributed by atoms with van der Waals surface area (Å²) < 4.78 is 11.2. The molecule has 0 fully saturated rings. The lowest BCUT2D eigenvalue weighted by Crippen LogP contribution is -2.37. The van der Waals surface area contributed by atoms with E-state index in [1.165, 1.54) is 7.11 Å². The zero-order valence-electron chi connectivity index (χ0n) is 19.7. The second-order valence-electron chi connectivity index (χ2n) is 8.50. The molecule has 0 radical (unpaired) electrons. The molecule has 176 valence electrons. The minimum absolute atomic E-state index is 0.118. The van der Waals surface area contributed by atoms with Crippen LogP contribution in [0.1, 0.15) is 61.3 Å². The van der Waals surface area contributed by atoms with E-state index in [-0.39, 0.29) is 11.7 Å². The van der Waals surface area contributed by atoms with E-state index in [1.807, 2.05) is 67.6 Å². The van der Waals surface area contributed by atoms with Crippen molar-refractivity contribution in [2.45, 2.75) is 51.2 Å². The number of carbonyl (C=O) groups is 2. The Labute approximate surface area is 205 Å². The zero-order chi connectivity index (χ0) is 24.2. The normalized spacial score (nSPS) is 19.6. The third-order valence-corrected chi connectivity index (χ3v) is 6.73. The first-order chi connectivity index (χ1) is 16.5. The van der Waals surface area contributed by atoms with Gasteiger partial charge in [-0.05, 0) is 41.2 Å². The first kappa shape index (κ1) is 23.9. The van der Waals surface area contributed by atoms with Gasteiger partial charge in [0.2, 0.25) is 5.78 Å². The monoisotopic (exact) mass is 475 g/mol. The van der Waals surface area contributed by atoms with Gasteiger partial charge in [-0.2, -0.15) is 0 Å². The number of hydrogen-bond donors (Lipinski definition) is 1. The molecule has 34 heavy (non-hydrogen) atoms. The molecule has 1 N–H and O–H groups in total. The van der Waals surface area contributed by atoms with Crippen LogP contribution in [0.25, 0.3) is 11.6 Å². The molecular weight excluding hydrogens is 446 g/mol. The Hall–Kier alpha value is -3.25. The molecule has 6 heteroatoms. The van der Waals surface area contributed by atoms with Crippen LogP contribution in [0.5, 0.6) is 0 Å². The highest BCUT2D eigenvalue weighted by molar-refractivity contribution is 7.80. The molecule has 5 nitrogen and oxygen atoms in total. The fourth-order valence-corrected chi connectivity index (χ4v) is 4.83. The number of hydrogen-bond acceptors (Lipinski definition) is 6. The van der Waals surface area contributed by atoms with Crippen molar-refractivity contribution in [2.24, 2.45) is 0 Å². The number of thiocarbonyl (C=S) groups is 1. The molecule has 4 rings (SSSR count). The van der Waals surface area contributed by atoms with E-state index in [0.29, 0.717) is 17.9 Å². The maximum Gasteiger partial charge on any atom is 0.328 e. The van der Waals surface area contributed by atoms with Crippen LogP contribution in [-0.4, -0.2) is 35.9 Å². The van der Waals surface area contributed by atoms with Gasteiger partial charge in [-0.15, -0.1) is 0 Å². The number of rotatable bonds is 9. The number of methoxy groups -OCH3 is 1. The Kier molecular flexibility index (Phi) is 7.27. The summed E-state index contributed by atoms with van der Waals surface area (Å²) in [7, 11) is 1.35. The van der Waals surface area contributed by atoms with Gasteiger partial charge in [-0.3, -0.25) is 4.79 Å². The fraction of sp³-hybridized carbons (Fsp3) is 0.321. The highest BCUT2D eigenvalue weighted by atomic mass is 32.1. The van der Waals surface area contributed by atoms with Gasteiger partial charge in [0, 0.05) is 10.8 Å². The van der Waals surface area contributed by atoms with Gasteiger partial charge < -0.3 is 14.8 Å². The Morgan fingerprint density at radius 2 is 1.97 bits per heavy atom. The van der Waals surface area contributed by atoms with Crippen molar-refractivity contribution in [1.29, 1.82) is 0 Å². The maximum atomic E-state index is 13.8. The predicted molar refractivity (Wildman–Crippen MR) is 137 cm³/mol. The summed E-state index contributed by atoms with van der Waals surface area (Å²) in [6, 6.07) is 15.1. The molecular formula is C28H29NO4S. The zero-order valence-corrected chi connectivity index (χ0v) is 20.5. The average molecular weight is 476 g/mol. The van der Waals surface area contributed by atoms with Gasteiger partial charge in [0.1, 0.15) is 6.04 Å². The second-order valence-corrected chi connectivity index (χ2v) is 9.00. The molecule has 2 aliphatic rings. The highest BCUT2D eigenvalue weighted by Crippen LogP contribution is 2.41. The van der Waals surface area contributed by atoms with E-state index in [2.05, 4.69) is 12.2 Å². The molecule has 0 saturated heterocycles. The molecule has 3 atom stereocenters. The van der Waals surface area contributed by atoms with Gasteiger partial charge in [0.05, 0.1) is 12.7 Å². The van der Waals surface area contributed by atoms with Crippen LogP contribution in [0.4, 0.5) is 0 Å². The number of carbonyl (C=O) groups excluding carboxylic acids is 2. The van der Waals surface area contributed by atoms with E-state index >= 15 is 0 Å². The van der Waals surface area contributed by atoms with Crippen molar-refractivity contribution >= 4 is 40.5 Å². The Morgan fingerprint density at radius 1 is 1.18 bits per heavy atom. The molecule has 0 bridgehead atoms. The predicted octanol–water partition coefficient (Wildman–Crippen LogP) is 5.19. The van der Waals surface area contributed by atoms with E-state index in [4.69, 9.17) is 21.7 Å². The van der Waals surface area contributed by atoms with Crippen LogP contribution in [0.15, 0.2) is 60.5 Å². The third kappa shape index (κ3) is 4.55. The third-order valence-electron chi connectivity index (χ3n) is 6.29. The largest absolute Gasteiger partial charge is 0.467 e. The summed E-state index contributed by atoms with van der Waals surface area (Å²) in [6.07, 6.45) is 5.55. The van der Waals surface area contributed by atoms with Crippen LogP contribution in [0, 0.1) is 0 Å². The fourth-order valence-electron chi connectivity index (χ4n) is 4.50. The van der Waals surface area contributed by atoms with Crippen molar-refractivity contribution in [3.8, 4) is 0 Å². The lowest BCUT2D eigenvalue weighted by atomic mass is 9.89. The Balaban J connectivity index is 1.73. The smallest absolute Gasteiger partial charge is 0.328 e. The highest BCUT2D eigenvalue weighted by Gasteiger charge is 2.43. The van der Waals surface area contributed by atoms with E-state index in [1.54, 1.807) is 0 Å². The topological polar surface area (TPSA) is 64.6 Å². The summed E-state index contributed by atoms with van der Waals surface area (Å²) in [6.45, 7) is 3.97. The SMILES string of the molecule is CCCC(=S)c1cccc(C2=C(NC(CC)C(=O)OC)OC(C3C=Cc4ccccc43)C2=O)c1. The quantitative estimate of drug-likeness (QED) is 0.306. The van der Waals surface area contributed by atoms with E-state index in [0.717, 1.165) is 40.0 Å². The molecule has 2 aromatic rings. The molecule has 1 heterocycles. The van der Waals surface area contributed by atoms with E-state index < -0.39 is 18.1 Å². The molecule has 2 aromatic carbocycles. The lowest BCUT2D eigenvalue weighted by molar-refractivity contribution is -0.143. The van der Waals surface area contributed by atoms with Gasteiger partial charge in [0.15, 0.2) is 12.0 Å². The van der Waals surface area contributed by atoms with Crippen LogP contribution in [-0.2, 0) is 19.1 Å². The van der Waals surface area contributed by atoms with Crippen LogP contribution in [0.3, 0.4) is 0 Å². The number of esters is 1. The summed E-state index contributed by atoms with van der Waals surface area (Å²) in [5.74, 6) is -0.422. The van der Waals surface area contributed by atoms with Gasteiger partial charge in [-0.25, -0.2) is 4.79 Å². The molecule has 1 aliphatic carbocycles. The van der Waals surface area contributed by atoms with E-state index in [9.17, 15) is 9.59 Å². The van der Waals surface area contributed by atoms with Crippen molar-refractivity contribution in [2.75, 3.05) is 7.11 Å². The summed E-state index contributed by atoms with van der Waals surface area (Å²) in [5.41, 5.74) is 4.22. The number of fused-ring (bicyclic) bond motifs is 1. The Morgan fingerprint density at radius 3 is 2.71 bits per heavy atom. The maximum absolute atomic E-state index is 13.8. The molecule has 0 saturated carbocycles. The first-order valence-electron chi connectivity index (χ1n) is 11.7. The summed E-state index contributed by atoms with van der Waals surface area (Å²) >= 11 is 5.59.